The topological polar surface area (TPSA) is 107 Å². The predicted molar refractivity (Wildman–Crippen MR) is 55.7 cm³/mol. The lowest BCUT2D eigenvalue weighted by molar-refractivity contribution is -0.140. The van der Waals surface area contributed by atoms with Crippen LogP contribution in [0.5, 0.6) is 0 Å². The molecule has 0 spiro atoms. The molecular weight excluding hydrogens is 222 g/mol. The van der Waals surface area contributed by atoms with Crippen molar-refractivity contribution >= 4 is 23.6 Å². The maximum Gasteiger partial charge on any atom is 0.327 e. The van der Waals surface area contributed by atoms with Gasteiger partial charge in [-0.3, -0.25) is 4.79 Å². The minimum absolute atomic E-state index is 0.159. The molecule has 0 aromatic rings. The van der Waals surface area contributed by atoms with Gasteiger partial charge in [0.2, 0.25) is 5.91 Å². The van der Waals surface area contributed by atoms with Crippen LogP contribution >= 0.6 is 11.8 Å². The Balaban J connectivity index is 3.86. The number of carboxylic acids is 1. The zero-order valence-corrected chi connectivity index (χ0v) is 9.16. The van der Waals surface area contributed by atoms with E-state index < -0.39 is 24.0 Å². The first-order chi connectivity index (χ1) is 6.97. The highest BCUT2D eigenvalue weighted by Gasteiger charge is 2.18. The molecule has 6 nitrogen and oxygen atoms in total. The van der Waals surface area contributed by atoms with E-state index in [-0.39, 0.29) is 18.1 Å². The number of aliphatic carboxylic acids is 1. The maximum absolute atomic E-state index is 10.6. The minimum atomic E-state index is -1.11. The van der Waals surface area contributed by atoms with Crippen LogP contribution in [0.2, 0.25) is 0 Å². The third-order valence-corrected chi connectivity index (χ3v) is 2.67. The number of amides is 1. The Labute approximate surface area is 91.7 Å². The largest absolute Gasteiger partial charge is 0.480 e. The molecule has 7 heteroatoms. The first-order valence-corrected chi connectivity index (χ1v) is 5.49. The fourth-order valence-corrected chi connectivity index (χ4v) is 1.77. The van der Waals surface area contributed by atoms with E-state index in [9.17, 15) is 9.59 Å². The molecule has 0 aliphatic rings. The van der Waals surface area contributed by atoms with Crippen molar-refractivity contribution in [1.82, 2.24) is 5.32 Å². The van der Waals surface area contributed by atoms with Gasteiger partial charge in [0.1, 0.15) is 6.04 Å². The van der Waals surface area contributed by atoms with Crippen molar-refractivity contribution in [1.29, 1.82) is 0 Å². The van der Waals surface area contributed by atoms with Gasteiger partial charge in [-0.2, -0.15) is 11.8 Å². The van der Waals surface area contributed by atoms with Gasteiger partial charge in [0.05, 0.1) is 12.7 Å². The van der Waals surface area contributed by atoms with E-state index in [4.69, 9.17) is 15.3 Å². The van der Waals surface area contributed by atoms with Gasteiger partial charge in [-0.05, 0) is 0 Å². The molecule has 0 heterocycles. The first-order valence-electron chi connectivity index (χ1n) is 4.34. The quantitative estimate of drug-likeness (QED) is 0.437. The van der Waals surface area contributed by atoms with Crippen molar-refractivity contribution in [3.63, 3.8) is 0 Å². The smallest absolute Gasteiger partial charge is 0.327 e. The molecule has 2 atom stereocenters. The number of nitrogens with one attached hydrogen (secondary N) is 1. The van der Waals surface area contributed by atoms with Crippen LogP contribution in [-0.2, 0) is 9.59 Å². The van der Waals surface area contributed by atoms with Crippen molar-refractivity contribution < 1.29 is 24.9 Å². The molecule has 0 aromatic carbocycles. The summed E-state index contributed by atoms with van der Waals surface area (Å²) in [4.78, 5) is 21.3. The van der Waals surface area contributed by atoms with Gasteiger partial charge in [0.15, 0.2) is 0 Å². The number of rotatable bonds is 7. The number of thioether (sulfide) groups is 1. The third-order valence-electron chi connectivity index (χ3n) is 1.48. The SMILES string of the molecule is CC(=O)N[C@@H](CSCC(O)CO)C(=O)O. The van der Waals surface area contributed by atoms with E-state index in [2.05, 4.69) is 5.32 Å². The Morgan fingerprint density at radius 1 is 1.40 bits per heavy atom. The number of hydrogen-bond acceptors (Lipinski definition) is 5. The highest BCUT2D eigenvalue weighted by atomic mass is 32.2. The van der Waals surface area contributed by atoms with Crippen LogP contribution < -0.4 is 5.32 Å². The summed E-state index contributed by atoms with van der Waals surface area (Å²) in [5.74, 6) is -1.13. The average Bonchev–Trinajstić information content (AvgIpc) is 2.15. The van der Waals surface area contributed by atoms with Crippen molar-refractivity contribution in [3.8, 4) is 0 Å². The van der Waals surface area contributed by atoms with Gasteiger partial charge >= 0.3 is 5.97 Å². The van der Waals surface area contributed by atoms with Crippen molar-refractivity contribution in [2.75, 3.05) is 18.1 Å². The molecular formula is C8H15NO5S. The van der Waals surface area contributed by atoms with Crippen LogP contribution in [0.15, 0.2) is 0 Å². The zero-order chi connectivity index (χ0) is 11.8. The lowest BCUT2D eigenvalue weighted by atomic mass is 10.3. The molecule has 0 saturated heterocycles. The van der Waals surface area contributed by atoms with Crippen LogP contribution in [0.4, 0.5) is 0 Å². The van der Waals surface area contributed by atoms with Crippen LogP contribution in [-0.4, -0.2) is 57.5 Å². The predicted octanol–water partition coefficient (Wildman–Crippen LogP) is -1.34. The molecule has 4 N–H and O–H groups in total. The number of aliphatic hydroxyl groups is 2. The summed E-state index contributed by atoms with van der Waals surface area (Å²) in [7, 11) is 0. The molecule has 0 fully saturated rings. The van der Waals surface area contributed by atoms with Crippen molar-refractivity contribution in [2.45, 2.75) is 19.1 Å². The number of hydrogen-bond donors (Lipinski definition) is 4. The Hall–Kier alpha value is -0.790. The lowest BCUT2D eigenvalue weighted by Gasteiger charge is -2.13. The summed E-state index contributed by atoms with van der Waals surface area (Å²) >= 11 is 1.16. The van der Waals surface area contributed by atoms with Crippen LogP contribution in [0.1, 0.15) is 6.92 Å². The van der Waals surface area contributed by atoms with Crippen molar-refractivity contribution in [3.05, 3.63) is 0 Å². The van der Waals surface area contributed by atoms with Gasteiger partial charge in [-0.1, -0.05) is 0 Å². The van der Waals surface area contributed by atoms with E-state index in [0.29, 0.717) is 0 Å². The van der Waals surface area contributed by atoms with Crippen LogP contribution in [0, 0.1) is 0 Å². The first kappa shape index (κ1) is 14.2. The molecule has 0 bridgehead atoms. The van der Waals surface area contributed by atoms with E-state index >= 15 is 0 Å². The summed E-state index contributed by atoms with van der Waals surface area (Å²) in [6, 6.07) is -0.960. The summed E-state index contributed by atoms with van der Waals surface area (Å²) in [5, 5.41) is 28.5. The monoisotopic (exact) mass is 237 g/mol. The summed E-state index contributed by atoms with van der Waals surface area (Å²) in [5.41, 5.74) is 0. The molecule has 88 valence electrons. The highest BCUT2D eigenvalue weighted by Crippen LogP contribution is 2.05. The number of aliphatic hydroxyl groups excluding tert-OH is 2. The summed E-state index contributed by atoms with van der Waals surface area (Å²) < 4.78 is 0. The molecule has 15 heavy (non-hydrogen) atoms. The molecule has 1 amide bonds. The van der Waals surface area contributed by atoms with Gasteiger partial charge < -0.3 is 20.6 Å². The Bertz CT molecular complexity index is 223. The van der Waals surface area contributed by atoms with Gasteiger partial charge in [0, 0.05) is 18.4 Å². The van der Waals surface area contributed by atoms with Crippen LogP contribution in [0.3, 0.4) is 0 Å². The Morgan fingerprint density at radius 2 is 2.00 bits per heavy atom. The van der Waals surface area contributed by atoms with E-state index in [1.807, 2.05) is 0 Å². The second-order valence-corrected chi connectivity index (χ2v) is 4.04. The third kappa shape index (κ3) is 7.18. The molecule has 0 rings (SSSR count). The average molecular weight is 237 g/mol. The maximum atomic E-state index is 10.6. The molecule has 0 saturated carbocycles. The number of carbonyl (C=O) groups excluding carboxylic acids is 1. The van der Waals surface area contributed by atoms with Gasteiger partial charge in [-0.25, -0.2) is 4.79 Å². The Morgan fingerprint density at radius 3 is 2.40 bits per heavy atom. The van der Waals surface area contributed by atoms with Gasteiger partial charge in [-0.15, -0.1) is 0 Å². The van der Waals surface area contributed by atoms with Gasteiger partial charge in [0.25, 0.3) is 0 Å². The second-order valence-electron chi connectivity index (χ2n) is 2.97. The van der Waals surface area contributed by atoms with E-state index in [0.717, 1.165) is 11.8 Å². The van der Waals surface area contributed by atoms with E-state index in [1.54, 1.807) is 0 Å². The van der Waals surface area contributed by atoms with Crippen molar-refractivity contribution in [2.24, 2.45) is 0 Å². The zero-order valence-electron chi connectivity index (χ0n) is 8.34. The highest BCUT2D eigenvalue weighted by molar-refractivity contribution is 7.99. The summed E-state index contributed by atoms with van der Waals surface area (Å²) in [6.07, 6.45) is -0.859. The molecule has 0 aliphatic heterocycles. The molecule has 0 aliphatic carbocycles. The standard InChI is InChI=1S/C8H15NO5S/c1-5(11)9-7(8(13)14)4-15-3-6(12)2-10/h6-7,10,12H,2-4H2,1H3,(H,9,11)(H,13,14)/t6?,7-/m0/s1. The fourth-order valence-electron chi connectivity index (χ4n) is 0.795. The fraction of sp³-hybridized carbons (Fsp3) is 0.750. The summed E-state index contributed by atoms with van der Waals surface area (Å²) in [6.45, 7) is 0.883. The van der Waals surface area contributed by atoms with E-state index in [1.165, 1.54) is 6.92 Å². The molecule has 0 aromatic heterocycles. The van der Waals surface area contributed by atoms with Crippen LogP contribution in [0.25, 0.3) is 0 Å². The second kappa shape index (κ2) is 7.49. The minimum Gasteiger partial charge on any atom is -0.480 e. The molecule has 1 unspecified atom stereocenters. The molecule has 0 radical (unpaired) electrons. The normalized spacial score (nSPS) is 14.3. The lowest BCUT2D eigenvalue weighted by Crippen LogP contribution is -2.41. The Kier molecular flexibility index (Phi) is 7.10. The number of carbonyl (C=O) groups is 2. The number of carboxylic acid groups (broad SMARTS) is 1.